The summed E-state index contributed by atoms with van der Waals surface area (Å²) in [7, 11) is -3.54. The molecule has 0 spiro atoms. The Hall–Kier alpha value is -3.24. The molecule has 1 aliphatic heterocycles. The van der Waals surface area contributed by atoms with E-state index in [1.54, 1.807) is 53.5 Å². The van der Waals surface area contributed by atoms with Gasteiger partial charge in [0.05, 0.1) is 24.8 Å². The summed E-state index contributed by atoms with van der Waals surface area (Å²) in [5.41, 5.74) is 5.21. The molecule has 8 nitrogen and oxygen atoms in total. The number of benzene rings is 2. The van der Waals surface area contributed by atoms with Crippen LogP contribution in [0.2, 0.25) is 5.02 Å². The van der Waals surface area contributed by atoms with Crippen molar-refractivity contribution in [1.29, 1.82) is 0 Å². The summed E-state index contributed by atoms with van der Waals surface area (Å²) in [6, 6.07) is 12.5. The van der Waals surface area contributed by atoms with E-state index in [2.05, 4.69) is 16.8 Å². The Balaban J connectivity index is 1.77. The van der Waals surface area contributed by atoms with E-state index < -0.39 is 40.0 Å². The molecule has 0 saturated heterocycles. The molecule has 41 heavy (non-hydrogen) atoms. The highest BCUT2D eigenvalue weighted by atomic mass is 35.5. The second kappa shape index (κ2) is 13.6. The molecule has 2 aromatic carbocycles. The van der Waals surface area contributed by atoms with Crippen LogP contribution in [-0.2, 0) is 19.7 Å². The van der Waals surface area contributed by atoms with Gasteiger partial charge in [-0.2, -0.15) is 0 Å². The van der Waals surface area contributed by atoms with Crippen LogP contribution in [0.1, 0.15) is 66.1 Å². The largest absolute Gasteiger partial charge is 0.326 e. The number of nitrogens with one attached hydrogen (secondary N) is 2. The molecule has 4 rings (SSSR count). The van der Waals surface area contributed by atoms with Crippen molar-refractivity contribution in [3.63, 3.8) is 0 Å². The molecule has 1 heterocycles. The fraction of sp³-hybridized carbons (Fsp3) is 0.355. The SMILES string of the molecule is C=C/C=C\C=C(/C)CONC(=O)[C@@H]1c2ccccc2C(=O)N([C@H]2CCCC[C@@H]2NS(C)(=O)=O)[C@H]1c1ccc(Cl)cc1. The predicted octanol–water partition coefficient (Wildman–Crippen LogP) is 5.22. The van der Waals surface area contributed by atoms with Crippen molar-refractivity contribution >= 4 is 33.4 Å². The molecule has 0 bridgehead atoms. The first-order valence-corrected chi connectivity index (χ1v) is 15.9. The molecule has 2 aliphatic rings. The van der Waals surface area contributed by atoms with Gasteiger partial charge in [0, 0.05) is 22.7 Å². The lowest BCUT2D eigenvalue weighted by Crippen LogP contribution is -2.59. The molecular weight excluding hydrogens is 562 g/mol. The number of rotatable bonds is 10. The van der Waals surface area contributed by atoms with Gasteiger partial charge in [-0.05, 0) is 54.7 Å². The number of carbonyl (C=O) groups is 2. The first kappa shape index (κ1) is 30.7. The molecule has 0 aromatic heterocycles. The minimum absolute atomic E-state index is 0.166. The Labute approximate surface area is 247 Å². The van der Waals surface area contributed by atoms with Crippen LogP contribution in [0.15, 0.2) is 85.0 Å². The molecule has 0 unspecified atom stereocenters. The van der Waals surface area contributed by atoms with Crippen molar-refractivity contribution in [3.05, 3.63) is 107 Å². The van der Waals surface area contributed by atoms with Gasteiger partial charge in [-0.15, -0.1) is 0 Å². The van der Waals surface area contributed by atoms with Crippen LogP contribution in [0, 0.1) is 0 Å². The summed E-state index contributed by atoms with van der Waals surface area (Å²) in [4.78, 5) is 35.5. The average molecular weight is 598 g/mol. The number of nitrogens with zero attached hydrogens (tertiary/aromatic N) is 1. The number of halogens is 1. The third-order valence-corrected chi connectivity index (χ3v) is 8.41. The molecule has 2 aromatic rings. The fourth-order valence-corrected chi connectivity index (χ4v) is 6.65. The third-order valence-electron chi connectivity index (χ3n) is 7.42. The van der Waals surface area contributed by atoms with Gasteiger partial charge in [0.2, 0.25) is 10.0 Å². The lowest BCUT2D eigenvalue weighted by atomic mass is 9.76. The van der Waals surface area contributed by atoms with Crippen LogP contribution < -0.4 is 10.2 Å². The molecule has 4 atom stereocenters. The van der Waals surface area contributed by atoms with E-state index >= 15 is 0 Å². The second-order valence-corrected chi connectivity index (χ2v) is 12.7. The van der Waals surface area contributed by atoms with E-state index in [0.717, 1.165) is 24.7 Å². The Morgan fingerprint density at radius 1 is 1.12 bits per heavy atom. The summed E-state index contributed by atoms with van der Waals surface area (Å²) < 4.78 is 27.4. The minimum Gasteiger partial charge on any atom is -0.326 e. The highest BCUT2D eigenvalue weighted by molar-refractivity contribution is 7.88. The first-order valence-electron chi connectivity index (χ1n) is 13.6. The monoisotopic (exact) mass is 597 g/mol. The van der Waals surface area contributed by atoms with Crippen molar-refractivity contribution in [1.82, 2.24) is 15.1 Å². The number of allylic oxidation sites excluding steroid dienone is 4. The van der Waals surface area contributed by atoms with Crippen LogP contribution in [0.5, 0.6) is 0 Å². The van der Waals surface area contributed by atoms with Crippen molar-refractivity contribution in [2.45, 2.75) is 56.7 Å². The van der Waals surface area contributed by atoms with E-state index in [4.69, 9.17) is 16.4 Å². The zero-order chi connectivity index (χ0) is 29.6. The summed E-state index contributed by atoms with van der Waals surface area (Å²) in [6.45, 7) is 5.69. The Morgan fingerprint density at radius 3 is 2.54 bits per heavy atom. The van der Waals surface area contributed by atoms with E-state index in [9.17, 15) is 18.0 Å². The number of carbonyl (C=O) groups excluding carboxylic acids is 2. The number of hydrogen-bond acceptors (Lipinski definition) is 5. The van der Waals surface area contributed by atoms with E-state index in [1.165, 1.54) is 0 Å². The van der Waals surface area contributed by atoms with E-state index in [-0.39, 0.29) is 12.5 Å². The topological polar surface area (TPSA) is 105 Å². The fourth-order valence-electron chi connectivity index (χ4n) is 5.70. The highest BCUT2D eigenvalue weighted by Gasteiger charge is 2.48. The second-order valence-electron chi connectivity index (χ2n) is 10.5. The van der Waals surface area contributed by atoms with Crippen LogP contribution in [-0.4, -0.2) is 50.1 Å². The zero-order valence-electron chi connectivity index (χ0n) is 23.3. The quantitative estimate of drug-likeness (QED) is 0.289. The van der Waals surface area contributed by atoms with Gasteiger partial charge in [-0.25, -0.2) is 18.6 Å². The van der Waals surface area contributed by atoms with Crippen LogP contribution >= 0.6 is 11.6 Å². The maximum Gasteiger partial charge on any atom is 0.255 e. The number of fused-ring (bicyclic) bond motifs is 1. The summed E-state index contributed by atoms with van der Waals surface area (Å²) >= 11 is 6.21. The van der Waals surface area contributed by atoms with Crippen molar-refractivity contribution in [2.24, 2.45) is 0 Å². The third kappa shape index (κ3) is 7.54. The number of hydrogen-bond donors (Lipinski definition) is 2. The Morgan fingerprint density at radius 2 is 1.83 bits per heavy atom. The van der Waals surface area contributed by atoms with Gasteiger partial charge in [0.1, 0.15) is 0 Å². The number of amides is 2. The average Bonchev–Trinajstić information content (AvgIpc) is 2.93. The molecular formula is C31H36ClN3O5S. The van der Waals surface area contributed by atoms with E-state index in [1.807, 2.05) is 31.2 Å². The van der Waals surface area contributed by atoms with Crippen LogP contribution in [0.25, 0.3) is 0 Å². The summed E-state index contributed by atoms with van der Waals surface area (Å²) in [5.74, 6) is -1.48. The van der Waals surface area contributed by atoms with Gasteiger partial charge in [0.25, 0.3) is 11.8 Å². The molecule has 2 amide bonds. The van der Waals surface area contributed by atoms with Gasteiger partial charge in [-0.1, -0.05) is 85.7 Å². The maximum absolute atomic E-state index is 14.2. The molecule has 1 aliphatic carbocycles. The lowest BCUT2D eigenvalue weighted by Gasteiger charge is -2.49. The van der Waals surface area contributed by atoms with Gasteiger partial charge < -0.3 is 4.90 Å². The standard InChI is InChI=1S/C31H36ClN3O5S/c1-4-5-6-11-21(2)20-40-33-30(36)28-24-12-7-8-13-25(24)31(37)35(29(28)22-16-18-23(32)19-17-22)27-15-10-9-14-26(27)34-41(3,38)39/h4-8,11-13,16-19,26-29,34H,1,9-10,14-15,20H2,2-3H3,(H,33,36)/b6-5-,21-11+/t26-,27-,28+,29-/m0/s1. The molecule has 2 N–H and O–H groups in total. The highest BCUT2D eigenvalue weighted by Crippen LogP contribution is 2.46. The summed E-state index contributed by atoms with van der Waals surface area (Å²) in [6.07, 6.45) is 11.1. The minimum atomic E-state index is -3.54. The van der Waals surface area contributed by atoms with Crippen molar-refractivity contribution < 1.29 is 22.8 Å². The Kier molecular flexibility index (Phi) is 10.2. The predicted molar refractivity (Wildman–Crippen MR) is 161 cm³/mol. The number of hydroxylamine groups is 1. The molecule has 10 heteroatoms. The zero-order valence-corrected chi connectivity index (χ0v) is 24.8. The van der Waals surface area contributed by atoms with Crippen molar-refractivity contribution in [2.75, 3.05) is 12.9 Å². The molecule has 1 fully saturated rings. The molecule has 0 radical (unpaired) electrons. The first-order chi connectivity index (χ1) is 19.6. The molecule has 218 valence electrons. The van der Waals surface area contributed by atoms with Gasteiger partial charge in [0.15, 0.2) is 0 Å². The van der Waals surface area contributed by atoms with Gasteiger partial charge in [-0.3, -0.25) is 14.4 Å². The van der Waals surface area contributed by atoms with Crippen molar-refractivity contribution in [3.8, 4) is 0 Å². The molecule has 1 saturated carbocycles. The van der Waals surface area contributed by atoms with Crippen LogP contribution in [0.3, 0.4) is 0 Å². The maximum atomic E-state index is 14.2. The summed E-state index contributed by atoms with van der Waals surface area (Å²) in [5, 5.41) is 0.522. The van der Waals surface area contributed by atoms with E-state index in [0.29, 0.717) is 34.6 Å². The van der Waals surface area contributed by atoms with Crippen LogP contribution in [0.4, 0.5) is 0 Å². The van der Waals surface area contributed by atoms with Gasteiger partial charge >= 0.3 is 0 Å². The number of sulfonamides is 1. The smallest absolute Gasteiger partial charge is 0.255 e. The normalized spacial score (nSPS) is 23.3. The lowest BCUT2D eigenvalue weighted by molar-refractivity contribution is -0.136. The Bertz CT molecular complexity index is 1440.